The number of hydrogen-bond donors (Lipinski definition) is 1. The Balaban J connectivity index is 2.12. The third-order valence-electron chi connectivity index (χ3n) is 4.77. The molecule has 1 aliphatic rings. The summed E-state index contributed by atoms with van der Waals surface area (Å²) in [6.07, 6.45) is 3.91. The Labute approximate surface area is 132 Å². The molecule has 2 nitrogen and oxygen atoms in total. The minimum Gasteiger partial charge on any atom is -0.371 e. The number of anilines is 1. The van der Waals surface area contributed by atoms with Gasteiger partial charge in [-0.15, -0.1) is 0 Å². The van der Waals surface area contributed by atoms with Gasteiger partial charge in [0.1, 0.15) is 0 Å². The van der Waals surface area contributed by atoms with Crippen LogP contribution in [-0.4, -0.2) is 19.6 Å². The first kappa shape index (κ1) is 15.8. The minimum absolute atomic E-state index is 0.549. The summed E-state index contributed by atoms with van der Waals surface area (Å²) in [5.74, 6) is 0. The molecule has 0 saturated carbocycles. The highest BCUT2D eigenvalue weighted by Gasteiger charge is 2.28. The molecule has 1 saturated heterocycles. The fourth-order valence-electron chi connectivity index (χ4n) is 2.90. The van der Waals surface area contributed by atoms with Gasteiger partial charge in [0.2, 0.25) is 0 Å². The summed E-state index contributed by atoms with van der Waals surface area (Å²) in [7, 11) is 0. The molecule has 0 unspecified atom stereocenters. The molecule has 0 aliphatic carbocycles. The van der Waals surface area contributed by atoms with Crippen molar-refractivity contribution in [2.75, 3.05) is 24.5 Å². The average Bonchev–Trinajstić information content (AvgIpc) is 2.46. The summed E-state index contributed by atoms with van der Waals surface area (Å²) >= 11 is 3.60. The van der Waals surface area contributed by atoms with Crippen LogP contribution in [0.3, 0.4) is 0 Å². The van der Waals surface area contributed by atoms with Crippen LogP contribution in [0, 0.1) is 5.41 Å². The highest BCUT2D eigenvalue weighted by Crippen LogP contribution is 2.36. The van der Waals surface area contributed by atoms with E-state index in [1.165, 1.54) is 48.1 Å². The molecule has 0 aromatic heterocycles. The molecule has 20 heavy (non-hydrogen) atoms. The molecule has 1 N–H and O–H groups in total. The number of halogens is 1. The summed E-state index contributed by atoms with van der Waals surface area (Å²) in [6, 6.07) is 6.69. The van der Waals surface area contributed by atoms with Crippen molar-refractivity contribution in [3.63, 3.8) is 0 Å². The van der Waals surface area contributed by atoms with Crippen LogP contribution in [0.2, 0.25) is 0 Å². The highest BCUT2D eigenvalue weighted by molar-refractivity contribution is 9.10. The first-order chi connectivity index (χ1) is 9.58. The predicted molar refractivity (Wildman–Crippen MR) is 91.4 cm³/mol. The number of nitrogens with one attached hydrogen (secondary N) is 1. The van der Waals surface area contributed by atoms with E-state index in [4.69, 9.17) is 0 Å². The van der Waals surface area contributed by atoms with Gasteiger partial charge in [-0.3, -0.25) is 0 Å². The van der Waals surface area contributed by atoms with Gasteiger partial charge in [-0.05, 0) is 48.6 Å². The summed E-state index contributed by atoms with van der Waals surface area (Å²) in [5, 5.41) is 3.45. The van der Waals surface area contributed by atoms with Crippen LogP contribution >= 0.6 is 15.9 Å². The number of rotatable bonds is 5. The zero-order valence-electron chi connectivity index (χ0n) is 13.0. The number of hydrogen-bond acceptors (Lipinski definition) is 2. The minimum atomic E-state index is 0.549. The Morgan fingerprint density at radius 3 is 2.55 bits per heavy atom. The van der Waals surface area contributed by atoms with E-state index in [-0.39, 0.29) is 0 Å². The molecule has 0 spiro atoms. The van der Waals surface area contributed by atoms with Crippen molar-refractivity contribution in [1.29, 1.82) is 0 Å². The van der Waals surface area contributed by atoms with Crippen LogP contribution in [0.5, 0.6) is 0 Å². The SMILES string of the molecule is CCNCc1cc(Br)ccc1N1CCC(C)(CC)CC1. The second kappa shape index (κ2) is 6.95. The van der Waals surface area contributed by atoms with Gasteiger partial charge in [0, 0.05) is 29.8 Å². The first-order valence-electron chi connectivity index (χ1n) is 7.82. The molecule has 1 aromatic rings. The standard InChI is InChI=1S/C17H27BrN2/c1-4-17(3)8-10-20(11-9-17)16-7-6-15(18)12-14(16)13-19-5-2/h6-7,12,19H,4-5,8-11,13H2,1-3H3. The lowest BCUT2D eigenvalue weighted by Gasteiger charge is -2.40. The largest absolute Gasteiger partial charge is 0.371 e. The van der Waals surface area contributed by atoms with E-state index in [9.17, 15) is 0 Å². The monoisotopic (exact) mass is 338 g/mol. The lowest BCUT2D eigenvalue weighted by Crippen LogP contribution is -2.39. The van der Waals surface area contributed by atoms with Gasteiger partial charge in [-0.25, -0.2) is 0 Å². The van der Waals surface area contributed by atoms with E-state index >= 15 is 0 Å². The van der Waals surface area contributed by atoms with Gasteiger partial charge in [0.05, 0.1) is 0 Å². The van der Waals surface area contributed by atoms with E-state index in [1.54, 1.807) is 0 Å². The molecule has 1 heterocycles. The third kappa shape index (κ3) is 3.76. The fraction of sp³-hybridized carbons (Fsp3) is 0.647. The number of piperidine rings is 1. The maximum absolute atomic E-state index is 3.60. The molecule has 112 valence electrons. The Morgan fingerprint density at radius 1 is 1.25 bits per heavy atom. The smallest absolute Gasteiger partial charge is 0.0412 e. The summed E-state index contributed by atoms with van der Waals surface area (Å²) in [4.78, 5) is 2.57. The predicted octanol–water partition coefficient (Wildman–Crippen LogP) is 4.58. The van der Waals surface area contributed by atoms with Crippen LogP contribution in [0.25, 0.3) is 0 Å². The molecule has 1 fully saturated rings. The fourth-order valence-corrected chi connectivity index (χ4v) is 3.31. The zero-order valence-corrected chi connectivity index (χ0v) is 14.6. The van der Waals surface area contributed by atoms with E-state index < -0.39 is 0 Å². The van der Waals surface area contributed by atoms with Gasteiger partial charge >= 0.3 is 0 Å². The average molecular weight is 339 g/mol. The van der Waals surface area contributed by atoms with Crippen LogP contribution in [0.15, 0.2) is 22.7 Å². The molecule has 3 heteroatoms. The van der Waals surface area contributed by atoms with Gasteiger partial charge in [-0.1, -0.05) is 43.1 Å². The maximum Gasteiger partial charge on any atom is 0.0412 e. The molecular weight excluding hydrogens is 312 g/mol. The normalized spacial score (nSPS) is 18.3. The van der Waals surface area contributed by atoms with Gasteiger partial charge < -0.3 is 10.2 Å². The molecule has 1 aliphatic heterocycles. The highest BCUT2D eigenvalue weighted by atomic mass is 79.9. The number of nitrogens with zero attached hydrogens (tertiary/aromatic N) is 1. The lowest BCUT2D eigenvalue weighted by molar-refractivity contribution is 0.238. The van der Waals surface area contributed by atoms with E-state index in [0.29, 0.717) is 5.41 Å². The number of benzene rings is 1. The lowest BCUT2D eigenvalue weighted by atomic mass is 9.78. The van der Waals surface area contributed by atoms with Crippen LogP contribution < -0.4 is 10.2 Å². The Hall–Kier alpha value is -0.540. The van der Waals surface area contributed by atoms with Gasteiger partial charge in [-0.2, -0.15) is 0 Å². The van der Waals surface area contributed by atoms with Crippen LogP contribution in [0.4, 0.5) is 5.69 Å². The molecular formula is C17H27BrN2. The Morgan fingerprint density at radius 2 is 1.95 bits per heavy atom. The van der Waals surface area contributed by atoms with Crippen molar-refractivity contribution in [2.45, 2.75) is 46.6 Å². The van der Waals surface area contributed by atoms with Crippen molar-refractivity contribution >= 4 is 21.6 Å². The van der Waals surface area contributed by atoms with Gasteiger partial charge in [0.15, 0.2) is 0 Å². The molecule has 2 rings (SSSR count). The summed E-state index contributed by atoms with van der Waals surface area (Å²) in [5.41, 5.74) is 3.36. The van der Waals surface area contributed by atoms with Crippen LogP contribution in [-0.2, 0) is 6.54 Å². The maximum atomic E-state index is 3.60. The molecule has 0 radical (unpaired) electrons. The Bertz CT molecular complexity index is 437. The molecule has 0 bridgehead atoms. The molecule has 0 atom stereocenters. The van der Waals surface area contributed by atoms with Crippen LogP contribution in [0.1, 0.15) is 45.6 Å². The Kier molecular flexibility index (Phi) is 5.50. The first-order valence-corrected chi connectivity index (χ1v) is 8.61. The molecule has 0 amide bonds. The second-order valence-corrected chi connectivity index (χ2v) is 7.12. The van der Waals surface area contributed by atoms with Crippen molar-refractivity contribution in [1.82, 2.24) is 5.32 Å². The van der Waals surface area contributed by atoms with E-state index in [2.05, 4.69) is 65.1 Å². The van der Waals surface area contributed by atoms with Crippen molar-refractivity contribution < 1.29 is 0 Å². The van der Waals surface area contributed by atoms with E-state index in [1.807, 2.05) is 0 Å². The molecule has 1 aromatic carbocycles. The quantitative estimate of drug-likeness (QED) is 0.845. The van der Waals surface area contributed by atoms with Gasteiger partial charge in [0.25, 0.3) is 0 Å². The third-order valence-corrected chi connectivity index (χ3v) is 5.27. The van der Waals surface area contributed by atoms with Crippen molar-refractivity contribution in [2.24, 2.45) is 5.41 Å². The van der Waals surface area contributed by atoms with E-state index in [0.717, 1.165) is 13.1 Å². The second-order valence-electron chi connectivity index (χ2n) is 6.20. The summed E-state index contributed by atoms with van der Waals surface area (Å²) < 4.78 is 1.17. The van der Waals surface area contributed by atoms with Crippen molar-refractivity contribution in [3.8, 4) is 0 Å². The van der Waals surface area contributed by atoms with Crippen molar-refractivity contribution in [3.05, 3.63) is 28.2 Å². The topological polar surface area (TPSA) is 15.3 Å². The zero-order chi connectivity index (χ0) is 14.6. The summed E-state index contributed by atoms with van der Waals surface area (Å²) in [6.45, 7) is 11.3.